The van der Waals surface area contributed by atoms with Crippen LogP contribution in [0.5, 0.6) is 0 Å². The molecule has 2 aromatic rings. The quantitative estimate of drug-likeness (QED) is 0.746. The number of thiocarbonyl (C=S) groups is 1. The molecule has 138 valence electrons. The molecular weight excluding hydrogens is 396 g/mol. The molecule has 1 amide bonds. The fraction of sp³-hybridized carbons (Fsp3) is 0.353. The van der Waals surface area contributed by atoms with Gasteiger partial charge in [-0.15, -0.1) is 11.3 Å². The zero-order valence-electron chi connectivity index (χ0n) is 14.0. The minimum absolute atomic E-state index is 0.192. The van der Waals surface area contributed by atoms with Gasteiger partial charge in [-0.05, 0) is 38.0 Å². The van der Waals surface area contributed by atoms with Crippen LogP contribution in [0.3, 0.4) is 0 Å². The van der Waals surface area contributed by atoms with Crippen molar-refractivity contribution < 1.29 is 13.6 Å². The number of halogens is 2. The lowest BCUT2D eigenvalue weighted by Gasteiger charge is -2.20. The third-order valence-corrected chi connectivity index (χ3v) is 6.29. The molecule has 1 aliphatic heterocycles. The third kappa shape index (κ3) is 4.57. The van der Waals surface area contributed by atoms with Gasteiger partial charge in [-0.2, -0.15) is 0 Å². The van der Waals surface area contributed by atoms with Gasteiger partial charge in [0.05, 0.1) is 10.9 Å². The Hall–Kier alpha value is -1.58. The van der Waals surface area contributed by atoms with E-state index in [1.165, 1.54) is 29.2 Å². The highest BCUT2D eigenvalue weighted by Crippen LogP contribution is 2.27. The Balaban J connectivity index is 1.60. The molecule has 0 bridgehead atoms. The number of hydrogen-bond acceptors (Lipinski definition) is 5. The monoisotopic (exact) mass is 413 g/mol. The van der Waals surface area contributed by atoms with Crippen molar-refractivity contribution in [2.24, 2.45) is 0 Å². The molecular formula is C17H17F2N3OS3. The molecule has 2 heterocycles. The van der Waals surface area contributed by atoms with E-state index in [0.29, 0.717) is 16.4 Å². The first-order valence-corrected chi connectivity index (χ1v) is 10.3. The van der Waals surface area contributed by atoms with E-state index >= 15 is 0 Å². The molecule has 0 saturated carbocycles. The summed E-state index contributed by atoms with van der Waals surface area (Å²) in [7, 11) is 0. The molecule has 3 rings (SSSR count). The molecule has 1 aliphatic rings. The highest BCUT2D eigenvalue weighted by molar-refractivity contribution is 8.23. The number of likely N-dealkylation sites (tertiary alicyclic amines) is 1. The maximum Gasteiger partial charge on any atom is 0.239 e. The first kappa shape index (κ1) is 19.2. The van der Waals surface area contributed by atoms with Crippen LogP contribution < -0.4 is 5.32 Å². The maximum atomic E-state index is 13.3. The van der Waals surface area contributed by atoms with Crippen LogP contribution in [0.15, 0.2) is 23.6 Å². The van der Waals surface area contributed by atoms with E-state index in [4.69, 9.17) is 12.2 Å². The van der Waals surface area contributed by atoms with Gasteiger partial charge in [-0.3, -0.25) is 4.79 Å². The molecule has 9 heteroatoms. The van der Waals surface area contributed by atoms with Crippen molar-refractivity contribution in [2.45, 2.75) is 25.0 Å². The summed E-state index contributed by atoms with van der Waals surface area (Å²) in [6.45, 7) is 3.70. The molecule has 0 aliphatic carbocycles. The van der Waals surface area contributed by atoms with Crippen molar-refractivity contribution in [1.29, 1.82) is 0 Å². The minimum Gasteiger partial charge on any atom is -0.358 e. The van der Waals surface area contributed by atoms with Gasteiger partial charge in [0.15, 0.2) is 16.8 Å². The van der Waals surface area contributed by atoms with Crippen LogP contribution in [-0.4, -0.2) is 38.5 Å². The smallest absolute Gasteiger partial charge is 0.239 e. The van der Waals surface area contributed by atoms with Gasteiger partial charge in [0, 0.05) is 24.0 Å². The van der Waals surface area contributed by atoms with Crippen molar-refractivity contribution in [3.8, 4) is 11.3 Å². The Morgan fingerprint density at radius 2 is 2.08 bits per heavy atom. The van der Waals surface area contributed by atoms with Crippen LogP contribution in [0, 0.1) is 11.6 Å². The second-order valence-corrected chi connectivity index (χ2v) is 8.71. The van der Waals surface area contributed by atoms with E-state index in [1.54, 1.807) is 12.3 Å². The van der Waals surface area contributed by atoms with E-state index in [0.717, 1.165) is 42.4 Å². The number of nitrogens with one attached hydrogen (secondary N) is 1. The molecule has 26 heavy (non-hydrogen) atoms. The average molecular weight is 414 g/mol. The number of rotatable bonds is 4. The molecule has 1 N–H and O–H groups in total. The van der Waals surface area contributed by atoms with Crippen LogP contribution in [0.4, 0.5) is 13.9 Å². The molecule has 4 nitrogen and oxygen atoms in total. The van der Waals surface area contributed by atoms with Gasteiger partial charge in [0.2, 0.25) is 5.91 Å². The van der Waals surface area contributed by atoms with Crippen LogP contribution >= 0.6 is 35.3 Å². The molecule has 0 unspecified atom stereocenters. The lowest BCUT2D eigenvalue weighted by atomic mass is 10.2. The molecule has 1 aromatic heterocycles. The second kappa shape index (κ2) is 8.41. The maximum absolute atomic E-state index is 13.3. The van der Waals surface area contributed by atoms with Crippen molar-refractivity contribution in [1.82, 2.24) is 9.88 Å². The predicted molar refractivity (Wildman–Crippen MR) is 107 cm³/mol. The number of carbonyl (C=O) groups is 1. The fourth-order valence-electron chi connectivity index (χ4n) is 2.51. The van der Waals surface area contributed by atoms with Gasteiger partial charge in [0.1, 0.15) is 4.32 Å². The van der Waals surface area contributed by atoms with Crippen LogP contribution in [0.2, 0.25) is 0 Å². The number of thioether (sulfide) groups is 1. The number of aromatic nitrogens is 1. The number of carbonyl (C=O) groups excluding carboxylic acids is 1. The standard InChI is InChI=1S/C17H17F2N3OS3/c1-10(26-17(24)22-6-2-3-7-22)15(23)21-16-20-14(9-25-16)11-4-5-12(18)13(19)8-11/h4-5,8-10H,2-3,6-7H2,1H3,(H,20,21,23)/t10-/m0/s1. The van der Waals surface area contributed by atoms with E-state index in [9.17, 15) is 13.6 Å². The zero-order valence-corrected chi connectivity index (χ0v) is 16.4. The molecule has 1 atom stereocenters. The van der Waals surface area contributed by atoms with Gasteiger partial charge in [0.25, 0.3) is 0 Å². The first-order chi connectivity index (χ1) is 12.4. The van der Waals surface area contributed by atoms with Crippen LogP contribution in [-0.2, 0) is 4.79 Å². The van der Waals surface area contributed by atoms with Crippen molar-refractivity contribution in [2.75, 3.05) is 18.4 Å². The molecule has 1 aromatic carbocycles. The van der Waals surface area contributed by atoms with E-state index in [1.807, 2.05) is 0 Å². The van der Waals surface area contributed by atoms with Gasteiger partial charge in [-0.25, -0.2) is 13.8 Å². The Labute approximate surface area is 164 Å². The van der Waals surface area contributed by atoms with Crippen molar-refractivity contribution in [3.05, 3.63) is 35.2 Å². The van der Waals surface area contributed by atoms with Crippen LogP contribution in [0.1, 0.15) is 19.8 Å². The summed E-state index contributed by atoms with van der Waals surface area (Å²) in [6.07, 6.45) is 2.26. The summed E-state index contributed by atoms with van der Waals surface area (Å²) in [4.78, 5) is 18.7. The van der Waals surface area contributed by atoms with Crippen molar-refractivity contribution >= 4 is 50.7 Å². The van der Waals surface area contributed by atoms with Gasteiger partial charge < -0.3 is 10.2 Å². The lowest BCUT2D eigenvalue weighted by Crippen LogP contribution is -2.29. The summed E-state index contributed by atoms with van der Waals surface area (Å²) in [5, 5.41) is 4.51. The third-order valence-electron chi connectivity index (χ3n) is 3.96. The summed E-state index contributed by atoms with van der Waals surface area (Å²) >= 11 is 7.99. The first-order valence-electron chi connectivity index (χ1n) is 8.11. The van der Waals surface area contributed by atoms with E-state index in [2.05, 4.69) is 15.2 Å². The summed E-state index contributed by atoms with van der Waals surface area (Å²) < 4.78 is 27.1. The van der Waals surface area contributed by atoms with Gasteiger partial charge >= 0.3 is 0 Å². The number of hydrogen-bond donors (Lipinski definition) is 1. The number of nitrogens with zero attached hydrogens (tertiary/aromatic N) is 2. The number of anilines is 1. The summed E-state index contributed by atoms with van der Waals surface area (Å²) in [5.74, 6) is -2.03. The average Bonchev–Trinajstić information content (AvgIpc) is 3.29. The topological polar surface area (TPSA) is 45.2 Å². The minimum atomic E-state index is -0.929. The summed E-state index contributed by atoms with van der Waals surface area (Å²) in [6, 6.07) is 3.59. The Morgan fingerprint density at radius 3 is 2.77 bits per heavy atom. The zero-order chi connectivity index (χ0) is 18.7. The molecule has 1 saturated heterocycles. The van der Waals surface area contributed by atoms with Gasteiger partial charge in [-0.1, -0.05) is 24.0 Å². The normalized spacial score (nSPS) is 15.1. The fourth-order valence-corrected chi connectivity index (χ4v) is 4.64. The number of amides is 1. The lowest BCUT2D eigenvalue weighted by molar-refractivity contribution is -0.115. The van der Waals surface area contributed by atoms with Crippen LogP contribution in [0.25, 0.3) is 11.3 Å². The SMILES string of the molecule is C[C@H](SC(=S)N1CCCC1)C(=O)Nc1nc(-c2ccc(F)c(F)c2)cs1. The number of thiazole rings is 1. The molecule has 1 fully saturated rings. The van der Waals surface area contributed by atoms with E-state index < -0.39 is 11.6 Å². The highest BCUT2D eigenvalue weighted by atomic mass is 32.2. The molecule has 0 radical (unpaired) electrons. The Morgan fingerprint density at radius 1 is 1.35 bits per heavy atom. The van der Waals surface area contributed by atoms with Crippen molar-refractivity contribution in [3.63, 3.8) is 0 Å². The Kier molecular flexibility index (Phi) is 6.20. The summed E-state index contributed by atoms with van der Waals surface area (Å²) in [5.41, 5.74) is 0.940. The largest absolute Gasteiger partial charge is 0.358 e. The molecule has 0 spiro atoms. The number of benzene rings is 1. The second-order valence-electron chi connectivity index (χ2n) is 5.88. The van der Waals surface area contributed by atoms with E-state index in [-0.39, 0.29) is 11.2 Å². The Bertz CT molecular complexity index is 821. The highest BCUT2D eigenvalue weighted by Gasteiger charge is 2.22. The predicted octanol–water partition coefficient (Wildman–Crippen LogP) is 4.53.